The van der Waals surface area contributed by atoms with E-state index in [1.165, 1.54) is 32.2 Å². The van der Waals surface area contributed by atoms with Crippen LogP contribution < -0.4 is 11.5 Å². The molecule has 5 atom stereocenters. The zero-order chi connectivity index (χ0) is 14.3. The van der Waals surface area contributed by atoms with E-state index in [4.69, 9.17) is 11.5 Å². The minimum Gasteiger partial charge on any atom is -0.368 e. The zero-order valence-electron chi connectivity index (χ0n) is 12.7. The number of hydrogen-bond acceptors (Lipinski definition) is 3. The molecule has 0 saturated heterocycles. The predicted octanol–water partition coefficient (Wildman–Crippen LogP) is 1.48. The molecule has 1 amide bonds. The molecule has 0 radical (unpaired) electrons. The minimum atomic E-state index is -0.772. The van der Waals surface area contributed by atoms with Crippen molar-refractivity contribution in [1.82, 2.24) is 4.90 Å². The summed E-state index contributed by atoms with van der Waals surface area (Å²) in [6.45, 7) is 1.18. The van der Waals surface area contributed by atoms with Gasteiger partial charge in [0.1, 0.15) is 0 Å². The maximum absolute atomic E-state index is 11.6. The molecule has 0 aromatic heterocycles. The molecule has 5 unspecified atom stereocenters. The molecular formula is C16H29N3O. The third-order valence-corrected chi connectivity index (χ3v) is 6.28. The van der Waals surface area contributed by atoms with Crippen LogP contribution in [0.25, 0.3) is 0 Å². The number of amides is 1. The van der Waals surface area contributed by atoms with Gasteiger partial charge in [0.2, 0.25) is 5.91 Å². The first kappa shape index (κ1) is 14.3. The first-order chi connectivity index (χ1) is 9.48. The lowest BCUT2D eigenvalue weighted by Gasteiger charge is -2.41. The van der Waals surface area contributed by atoms with Crippen LogP contribution >= 0.6 is 0 Å². The molecule has 3 fully saturated rings. The van der Waals surface area contributed by atoms with Crippen molar-refractivity contribution in [3.05, 3.63) is 0 Å². The number of nitrogens with zero attached hydrogens (tertiary/aromatic N) is 1. The summed E-state index contributed by atoms with van der Waals surface area (Å²) in [4.78, 5) is 14.0. The second-order valence-electron chi connectivity index (χ2n) is 7.65. The second kappa shape index (κ2) is 5.30. The summed E-state index contributed by atoms with van der Waals surface area (Å²) < 4.78 is 0. The molecule has 0 aliphatic heterocycles. The smallest absolute Gasteiger partial charge is 0.237 e. The highest BCUT2D eigenvalue weighted by Crippen LogP contribution is 2.48. The van der Waals surface area contributed by atoms with Gasteiger partial charge in [-0.15, -0.1) is 0 Å². The van der Waals surface area contributed by atoms with Crippen molar-refractivity contribution >= 4 is 5.91 Å². The van der Waals surface area contributed by atoms with E-state index in [1.54, 1.807) is 0 Å². The SMILES string of the molecule is CN(CC1CC2CCC1C2)C1CCCC(N)(C(N)=O)C1. The first-order valence-corrected chi connectivity index (χ1v) is 8.27. The first-order valence-electron chi connectivity index (χ1n) is 8.27. The topological polar surface area (TPSA) is 72.3 Å². The van der Waals surface area contributed by atoms with E-state index >= 15 is 0 Å². The van der Waals surface area contributed by atoms with Crippen LogP contribution in [0.5, 0.6) is 0 Å². The lowest BCUT2D eigenvalue weighted by Crippen LogP contribution is -2.58. The van der Waals surface area contributed by atoms with Crippen LogP contribution in [0.4, 0.5) is 0 Å². The maximum Gasteiger partial charge on any atom is 0.237 e. The molecule has 114 valence electrons. The standard InChI is InChI=1S/C16H29N3O/c1-19(10-13-8-11-4-5-12(13)7-11)14-3-2-6-16(18,9-14)15(17)20/h11-14H,2-10,18H2,1H3,(H2,17,20). The van der Waals surface area contributed by atoms with Gasteiger partial charge in [-0.05, 0) is 69.7 Å². The quantitative estimate of drug-likeness (QED) is 0.818. The van der Waals surface area contributed by atoms with Crippen LogP contribution in [0, 0.1) is 17.8 Å². The molecule has 2 bridgehead atoms. The van der Waals surface area contributed by atoms with Crippen molar-refractivity contribution in [2.45, 2.75) is 62.9 Å². The van der Waals surface area contributed by atoms with Crippen LogP contribution in [0.1, 0.15) is 51.4 Å². The molecule has 3 rings (SSSR count). The molecule has 3 aliphatic rings. The number of fused-ring (bicyclic) bond motifs is 2. The molecule has 4 N–H and O–H groups in total. The van der Waals surface area contributed by atoms with Crippen LogP contribution in [0.2, 0.25) is 0 Å². The predicted molar refractivity (Wildman–Crippen MR) is 79.9 cm³/mol. The lowest BCUT2D eigenvalue weighted by atomic mass is 9.78. The van der Waals surface area contributed by atoms with Gasteiger partial charge >= 0.3 is 0 Å². The van der Waals surface area contributed by atoms with Crippen LogP contribution in [-0.4, -0.2) is 36.0 Å². The van der Waals surface area contributed by atoms with E-state index in [-0.39, 0.29) is 5.91 Å². The molecule has 4 heteroatoms. The number of rotatable bonds is 4. The van der Waals surface area contributed by atoms with Crippen LogP contribution in [0.3, 0.4) is 0 Å². The fourth-order valence-corrected chi connectivity index (χ4v) is 5.00. The Balaban J connectivity index is 1.57. The summed E-state index contributed by atoms with van der Waals surface area (Å²) in [6, 6.07) is 0.431. The highest BCUT2D eigenvalue weighted by Gasteiger charge is 2.42. The molecule has 0 spiro atoms. The van der Waals surface area contributed by atoms with Crippen molar-refractivity contribution in [2.75, 3.05) is 13.6 Å². The van der Waals surface area contributed by atoms with Gasteiger partial charge in [-0.1, -0.05) is 6.42 Å². The fraction of sp³-hybridized carbons (Fsp3) is 0.938. The number of hydrogen-bond donors (Lipinski definition) is 2. The van der Waals surface area contributed by atoms with Crippen molar-refractivity contribution in [3.63, 3.8) is 0 Å². The Bertz CT molecular complexity index is 386. The molecule has 20 heavy (non-hydrogen) atoms. The highest BCUT2D eigenvalue weighted by molar-refractivity contribution is 5.84. The van der Waals surface area contributed by atoms with Gasteiger partial charge in [0.25, 0.3) is 0 Å². The highest BCUT2D eigenvalue weighted by atomic mass is 16.1. The van der Waals surface area contributed by atoms with E-state index in [1.807, 2.05) is 0 Å². The molecule has 0 aromatic rings. The van der Waals surface area contributed by atoms with E-state index in [2.05, 4.69) is 11.9 Å². The summed E-state index contributed by atoms with van der Waals surface area (Å²) in [7, 11) is 2.21. The Kier molecular flexibility index (Phi) is 3.80. The van der Waals surface area contributed by atoms with Crippen molar-refractivity contribution in [2.24, 2.45) is 29.2 Å². The summed E-state index contributed by atoms with van der Waals surface area (Å²) in [6.07, 6.45) is 9.45. The second-order valence-corrected chi connectivity index (χ2v) is 7.65. The summed E-state index contributed by atoms with van der Waals surface area (Å²) in [5, 5.41) is 0. The Labute approximate surface area is 122 Å². The largest absolute Gasteiger partial charge is 0.368 e. The lowest BCUT2D eigenvalue weighted by molar-refractivity contribution is -0.125. The van der Waals surface area contributed by atoms with Crippen molar-refractivity contribution in [1.29, 1.82) is 0 Å². The van der Waals surface area contributed by atoms with Gasteiger partial charge in [-0.2, -0.15) is 0 Å². The molecule has 0 aromatic carbocycles. The Morgan fingerprint density at radius 1 is 1.30 bits per heavy atom. The Morgan fingerprint density at radius 3 is 2.70 bits per heavy atom. The average molecular weight is 279 g/mol. The summed E-state index contributed by atoms with van der Waals surface area (Å²) >= 11 is 0. The van der Waals surface area contributed by atoms with Gasteiger partial charge in [0, 0.05) is 12.6 Å². The van der Waals surface area contributed by atoms with Gasteiger partial charge in [-0.25, -0.2) is 0 Å². The van der Waals surface area contributed by atoms with Gasteiger partial charge < -0.3 is 16.4 Å². The Hall–Kier alpha value is -0.610. The van der Waals surface area contributed by atoms with E-state index in [9.17, 15) is 4.79 Å². The van der Waals surface area contributed by atoms with Crippen molar-refractivity contribution in [3.8, 4) is 0 Å². The van der Waals surface area contributed by atoms with Crippen LogP contribution in [-0.2, 0) is 4.79 Å². The van der Waals surface area contributed by atoms with Gasteiger partial charge in [0.05, 0.1) is 5.54 Å². The van der Waals surface area contributed by atoms with E-state index < -0.39 is 5.54 Å². The van der Waals surface area contributed by atoms with Gasteiger partial charge in [-0.3, -0.25) is 4.79 Å². The zero-order valence-corrected chi connectivity index (χ0v) is 12.7. The fourth-order valence-electron chi connectivity index (χ4n) is 5.00. The van der Waals surface area contributed by atoms with Gasteiger partial charge in [0.15, 0.2) is 0 Å². The van der Waals surface area contributed by atoms with Crippen molar-refractivity contribution < 1.29 is 4.79 Å². The number of carbonyl (C=O) groups is 1. The summed E-state index contributed by atoms with van der Waals surface area (Å²) in [5.74, 6) is 2.52. The minimum absolute atomic E-state index is 0.324. The maximum atomic E-state index is 11.6. The third-order valence-electron chi connectivity index (χ3n) is 6.28. The van der Waals surface area contributed by atoms with E-state index in [0.717, 1.165) is 43.4 Å². The number of carbonyl (C=O) groups excluding carboxylic acids is 1. The average Bonchev–Trinajstić information content (AvgIpc) is 3.01. The van der Waals surface area contributed by atoms with Crippen LogP contribution in [0.15, 0.2) is 0 Å². The molecule has 0 heterocycles. The molecule has 4 nitrogen and oxygen atoms in total. The molecular weight excluding hydrogens is 250 g/mol. The third kappa shape index (κ3) is 2.60. The Morgan fingerprint density at radius 2 is 2.10 bits per heavy atom. The number of nitrogens with two attached hydrogens (primary N) is 2. The molecule has 3 aliphatic carbocycles. The number of primary amides is 1. The van der Waals surface area contributed by atoms with E-state index in [0.29, 0.717) is 6.04 Å². The molecule has 3 saturated carbocycles. The monoisotopic (exact) mass is 279 g/mol. The summed E-state index contributed by atoms with van der Waals surface area (Å²) in [5.41, 5.74) is 10.9. The normalized spacial score (nSPS) is 44.1.